The Morgan fingerprint density at radius 1 is 1.22 bits per heavy atom. The number of fused-ring (bicyclic) bond motifs is 3. The topological polar surface area (TPSA) is 97.3 Å². The van der Waals surface area contributed by atoms with Crippen LogP contribution in [0, 0.1) is 5.41 Å². The van der Waals surface area contributed by atoms with Gasteiger partial charge in [0.2, 0.25) is 0 Å². The summed E-state index contributed by atoms with van der Waals surface area (Å²) in [5, 5.41) is 0. The highest BCUT2D eigenvalue weighted by molar-refractivity contribution is 5.81. The molecule has 148 valence electrons. The Kier molecular flexibility index (Phi) is 4.04. The van der Waals surface area contributed by atoms with Gasteiger partial charge in [0.05, 0.1) is 18.5 Å². The third-order valence-electron chi connectivity index (χ3n) is 4.94. The second kappa shape index (κ2) is 5.86. The van der Waals surface area contributed by atoms with Crippen molar-refractivity contribution < 1.29 is 14.2 Å². The number of hydrogen-bond donors (Lipinski definition) is 1. The average Bonchev–Trinajstić information content (AvgIpc) is 3.15. The lowest BCUT2D eigenvalue weighted by Crippen LogP contribution is -2.47. The van der Waals surface area contributed by atoms with E-state index in [9.17, 15) is 0 Å². The molecule has 2 bridgehead atoms. The molecule has 27 heavy (non-hydrogen) atoms. The van der Waals surface area contributed by atoms with Crippen LogP contribution in [0.3, 0.4) is 0 Å². The van der Waals surface area contributed by atoms with Gasteiger partial charge in [-0.15, -0.1) is 0 Å². The summed E-state index contributed by atoms with van der Waals surface area (Å²) in [5.41, 5.74) is 6.41. The predicted molar refractivity (Wildman–Crippen MR) is 101 cm³/mol. The number of ether oxygens (including phenoxy) is 3. The highest BCUT2D eigenvalue weighted by atomic mass is 16.7. The summed E-state index contributed by atoms with van der Waals surface area (Å²) in [6.45, 7) is 13.3. The average molecular weight is 375 g/mol. The van der Waals surface area contributed by atoms with Gasteiger partial charge in [0.1, 0.15) is 29.7 Å². The van der Waals surface area contributed by atoms with Gasteiger partial charge in [0.15, 0.2) is 17.7 Å². The first-order valence-corrected chi connectivity index (χ1v) is 9.39. The van der Waals surface area contributed by atoms with Crippen LogP contribution >= 0.6 is 0 Å². The number of aromatic nitrogens is 4. The molecule has 8 nitrogen and oxygen atoms in total. The molecule has 4 heterocycles. The Labute approximate surface area is 159 Å². The number of anilines is 1. The number of nitrogens with two attached hydrogens (primary N) is 1. The van der Waals surface area contributed by atoms with Crippen molar-refractivity contribution in [1.82, 2.24) is 19.5 Å². The molecule has 2 saturated heterocycles. The molecular formula is C19H29N5O3. The second-order valence-corrected chi connectivity index (χ2v) is 9.82. The molecule has 2 aromatic rings. The van der Waals surface area contributed by atoms with Crippen molar-refractivity contribution in [3.63, 3.8) is 0 Å². The highest BCUT2D eigenvalue weighted by Gasteiger charge is 2.64. The van der Waals surface area contributed by atoms with E-state index < -0.39 is 5.60 Å². The smallest absolute Gasteiger partial charge is 0.167 e. The summed E-state index contributed by atoms with van der Waals surface area (Å²) < 4.78 is 21.2. The van der Waals surface area contributed by atoms with Crippen LogP contribution in [-0.4, -0.2) is 49.5 Å². The summed E-state index contributed by atoms with van der Waals surface area (Å²) in [6, 6.07) is 0. The zero-order valence-corrected chi connectivity index (χ0v) is 16.9. The molecule has 4 rings (SSSR count). The van der Waals surface area contributed by atoms with Gasteiger partial charge in [-0.1, -0.05) is 20.8 Å². The quantitative estimate of drug-likeness (QED) is 0.881. The summed E-state index contributed by atoms with van der Waals surface area (Å²) in [5.74, 6) is 0.356. The van der Waals surface area contributed by atoms with Crippen molar-refractivity contribution in [3.05, 3.63) is 12.7 Å². The SMILES string of the molecule is CC(C)(C)C[C@]12COC(C1OC(C)(C)C)[C@H](n1cnc3c(N)ncnc31)O2. The maximum absolute atomic E-state index is 6.65. The van der Waals surface area contributed by atoms with Gasteiger partial charge in [-0.05, 0) is 32.6 Å². The van der Waals surface area contributed by atoms with Crippen LogP contribution in [0.4, 0.5) is 5.82 Å². The molecule has 2 N–H and O–H groups in total. The molecule has 2 aliphatic rings. The molecule has 0 amide bonds. The molecule has 0 spiro atoms. The van der Waals surface area contributed by atoms with Gasteiger partial charge in [0.25, 0.3) is 0 Å². The molecule has 2 aromatic heterocycles. The van der Waals surface area contributed by atoms with Crippen LogP contribution in [0.15, 0.2) is 12.7 Å². The minimum absolute atomic E-state index is 0.0657. The zero-order chi connectivity index (χ0) is 19.6. The van der Waals surface area contributed by atoms with Gasteiger partial charge >= 0.3 is 0 Å². The van der Waals surface area contributed by atoms with Crippen molar-refractivity contribution in [3.8, 4) is 0 Å². The van der Waals surface area contributed by atoms with Gasteiger partial charge in [-0.25, -0.2) is 15.0 Å². The molecule has 0 aliphatic carbocycles. The third-order valence-corrected chi connectivity index (χ3v) is 4.94. The Morgan fingerprint density at radius 2 is 1.96 bits per heavy atom. The van der Waals surface area contributed by atoms with E-state index in [0.717, 1.165) is 6.42 Å². The van der Waals surface area contributed by atoms with Gasteiger partial charge in [-0.3, -0.25) is 4.57 Å². The lowest BCUT2D eigenvalue weighted by atomic mass is 9.80. The highest BCUT2D eigenvalue weighted by Crippen LogP contribution is 2.52. The molecule has 4 atom stereocenters. The molecule has 0 saturated carbocycles. The summed E-state index contributed by atoms with van der Waals surface area (Å²) in [7, 11) is 0. The predicted octanol–water partition coefficient (Wildman–Crippen LogP) is 2.69. The Balaban J connectivity index is 1.75. The minimum atomic E-state index is -0.504. The molecule has 0 aromatic carbocycles. The Hall–Kier alpha value is -1.77. The summed E-state index contributed by atoms with van der Waals surface area (Å²) in [4.78, 5) is 12.8. The molecular weight excluding hydrogens is 346 g/mol. The van der Waals surface area contributed by atoms with Crippen LogP contribution in [-0.2, 0) is 14.2 Å². The van der Waals surface area contributed by atoms with Crippen molar-refractivity contribution >= 4 is 17.0 Å². The standard InChI is InChI=1S/C19H29N5O3/c1-17(2,3)7-19-8-25-12(13(19)26-18(4,5)6)16(27-19)24-10-23-11-14(20)21-9-22-15(11)24/h9-10,12-13,16H,7-8H2,1-6H3,(H2,20,21,22)/t12?,13?,16-,19+/m1/s1. The molecule has 2 fully saturated rings. The van der Waals surface area contributed by atoms with Gasteiger partial charge in [0, 0.05) is 0 Å². The van der Waals surface area contributed by atoms with Gasteiger partial charge in [-0.2, -0.15) is 0 Å². The van der Waals surface area contributed by atoms with E-state index >= 15 is 0 Å². The first-order valence-electron chi connectivity index (χ1n) is 9.39. The van der Waals surface area contributed by atoms with E-state index in [2.05, 4.69) is 56.5 Å². The molecule has 0 radical (unpaired) electrons. The summed E-state index contributed by atoms with van der Waals surface area (Å²) >= 11 is 0. The maximum atomic E-state index is 6.65. The van der Waals surface area contributed by atoms with E-state index in [1.807, 2.05) is 4.57 Å². The Bertz CT molecular complexity index is 853. The number of rotatable bonds is 3. The van der Waals surface area contributed by atoms with E-state index in [4.69, 9.17) is 19.9 Å². The first-order chi connectivity index (χ1) is 12.5. The van der Waals surface area contributed by atoms with Crippen molar-refractivity contribution in [2.24, 2.45) is 5.41 Å². The summed E-state index contributed by atoms with van der Waals surface area (Å²) in [6.07, 6.45) is 3.20. The number of imidazole rings is 1. The van der Waals surface area contributed by atoms with Crippen LogP contribution in [0.2, 0.25) is 0 Å². The normalized spacial score (nSPS) is 31.1. The minimum Gasteiger partial charge on any atom is -0.382 e. The van der Waals surface area contributed by atoms with Crippen LogP contribution in [0.25, 0.3) is 11.2 Å². The first kappa shape index (κ1) is 18.6. The zero-order valence-electron chi connectivity index (χ0n) is 16.9. The van der Waals surface area contributed by atoms with Gasteiger partial charge < -0.3 is 19.9 Å². The number of hydrogen-bond acceptors (Lipinski definition) is 7. The maximum Gasteiger partial charge on any atom is 0.167 e. The third kappa shape index (κ3) is 3.19. The van der Waals surface area contributed by atoms with E-state index in [0.29, 0.717) is 23.6 Å². The second-order valence-electron chi connectivity index (χ2n) is 9.82. The fourth-order valence-corrected chi connectivity index (χ4v) is 4.26. The monoisotopic (exact) mass is 375 g/mol. The van der Waals surface area contributed by atoms with Crippen molar-refractivity contribution in [2.75, 3.05) is 12.3 Å². The number of nitrogens with zero attached hydrogens (tertiary/aromatic N) is 4. The van der Waals surface area contributed by atoms with Crippen molar-refractivity contribution in [1.29, 1.82) is 0 Å². The van der Waals surface area contributed by atoms with E-state index in [-0.39, 0.29) is 29.5 Å². The fraction of sp³-hybridized carbons (Fsp3) is 0.737. The van der Waals surface area contributed by atoms with Crippen LogP contribution in [0.1, 0.15) is 54.2 Å². The lowest BCUT2D eigenvalue weighted by Gasteiger charge is -2.38. The largest absolute Gasteiger partial charge is 0.382 e. The molecule has 8 heteroatoms. The van der Waals surface area contributed by atoms with E-state index in [1.54, 1.807) is 6.33 Å². The van der Waals surface area contributed by atoms with Crippen LogP contribution < -0.4 is 5.73 Å². The lowest BCUT2D eigenvalue weighted by molar-refractivity contribution is -0.187. The van der Waals surface area contributed by atoms with Crippen molar-refractivity contribution in [2.45, 2.75) is 77.6 Å². The number of nitrogen functional groups attached to an aromatic ring is 1. The fourth-order valence-electron chi connectivity index (χ4n) is 4.26. The molecule has 2 unspecified atom stereocenters. The molecule has 2 aliphatic heterocycles. The van der Waals surface area contributed by atoms with E-state index in [1.165, 1.54) is 6.33 Å². The van der Waals surface area contributed by atoms with Crippen LogP contribution in [0.5, 0.6) is 0 Å². The Morgan fingerprint density at radius 3 is 2.63 bits per heavy atom.